The van der Waals surface area contributed by atoms with Gasteiger partial charge < -0.3 is 5.73 Å². The maximum Gasteiger partial charge on any atom is 0.113 e. The van der Waals surface area contributed by atoms with Crippen LogP contribution in [0, 0.1) is 11.8 Å². The molecule has 0 spiro atoms. The molecule has 0 saturated heterocycles. The minimum absolute atomic E-state index is 0.584. The molecule has 2 heterocycles. The maximum atomic E-state index is 5.70. The molecule has 0 aliphatic heterocycles. The van der Waals surface area contributed by atoms with Crippen molar-refractivity contribution in [1.29, 1.82) is 0 Å². The van der Waals surface area contributed by atoms with Gasteiger partial charge in [0.15, 0.2) is 0 Å². The highest BCUT2D eigenvalue weighted by atomic mass is 14.7. The molecule has 0 fully saturated rings. The number of hydrogen-bond acceptors (Lipinski definition) is 3. The molecule has 2 N–H and O–H groups in total. The molecule has 2 aromatic heterocycles. The Kier molecular flexibility index (Phi) is 2.61. The second-order valence-electron chi connectivity index (χ2n) is 2.93. The average molecular weight is 195 g/mol. The molecule has 0 amide bonds. The van der Waals surface area contributed by atoms with Gasteiger partial charge in [0.2, 0.25) is 0 Å². The van der Waals surface area contributed by atoms with Crippen LogP contribution in [0.25, 0.3) is 0 Å². The van der Waals surface area contributed by atoms with Crippen molar-refractivity contribution in [3.8, 4) is 11.8 Å². The van der Waals surface area contributed by atoms with Gasteiger partial charge in [-0.15, -0.1) is 0 Å². The lowest BCUT2D eigenvalue weighted by molar-refractivity contribution is 1.29. The highest BCUT2D eigenvalue weighted by Crippen LogP contribution is 2.06. The van der Waals surface area contributed by atoms with Gasteiger partial charge in [0.25, 0.3) is 0 Å². The Morgan fingerprint density at radius 2 is 2.00 bits per heavy atom. The number of hydrogen-bond donors (Lipinski definition) is 1. The number of nitrogens with two attached hydrogens (primary N) is 1. The summed E-state index contributed by atoms with van der Waals surface area (Å²) in [5.74, 6) is 5.88. The minimum Gasteiger partial charge on any atom is -0.396 e. The zero-order valence-corrected chi connectivity index (χ0v) is 8.01. The van der Waals surface area contributed by atoms with Gasteiger partial charge in [-0.1, -0.05) is 12.0 Å². The second-order valence-corrected chi connectivity index (χ2v) is 2.93. The van der Waals surface area contributed by atoms with E-state index in [0.29, 0.717) is 5.69 Å². The number of pyridine rings is 2. The quantitative estimate of drug-likeness (QED) is 0.647. The van der Waals surface area contributed by atoms with Gasteiger partial charge in [-0.25, -0.2) is 4.98 Å². The summed E-state index contributed by atoms with van der Waals surface area (Å²) in [4.78, 5) is 7.98. The number of aromatic nitrogens is 2. The zero-order chi connectivity index (χ0) is 10.5. The molecule has 0 bridgehead atoms. The van der Waals surface area contributed by atoms with Crippen LogP contribution in [0.15, 0.2) is 42.9 Å². The molecule has 15 heavy (non-hydrogen) atoms. The van der Waals surface area contributed by atoms with Crippen molar-refractivity contribution in [2.45, 2.75) is 0 Å². The van der Waals surface area contributed by atoms with Gasteiger partial charge in [0.05, 0.1) is 17.4 Å². The molecule has 0 aliphatic rings. The number of nitrogens with zero attached hydrogens (tertiary/aromatic N) is 2. The molecule has 2 aromatic rings. The summed E-state index contributed by atoms with van der Waals surface area (Å²) in [6.45, 7) is 0. The predicted molar refractivity (Wildman–Crippen MR) is 58.9 cm³/mol. The van der Waals surface area contributed by atoms with Crippen LogP contribution >= 0.6 is 0 Å². The SMILES string of the molecule is Nc1cnccc1C#Cc1ccccn1. The Balaban J connectivity index is 2.31. The summed E-state index contributed by atoms with van der Waals surface area (Å²) in [5, 5.41) is 0. The van der Waals surface area contributed by atoms with E-state index in [1.807, 2.05) is 18.2 Å². The summed E-state index contributed by atoms with van der Waals surface area (Å²) >= 11 is 0. The minimum atomic E-state index is 0.584. The number of nitrogen functional groups attached to an aromatic ring is 1. The van der Waals surface area contributed by atoms with Gasteiger partial charge in [-0.05, 0) is 24.1 Å². The Morgan fingerprint density at radius 1 is 1.07 bits per heavy atom. The summed E-state index contributed by atoms with van der Waals surface area (Å²) in [5.41, 5.74) is 7.79. The molecule has 0 unspecified atom stereocenters. The molecule has 0 aromatic carbocycles. The lowest BCUT2D eigenvalue weighted by atomic mass is 10.2. The van der Waals surface area contributed by atoms with E-state index in [2.05, 4.69) is 21.8 Å². The van der Waals surface area contributed by atoms with E-state index in [1.54, 1.807) is 24.7 Å². The monoisotopic (exact) mass is 195 g/mol. The molecular formula is C12H9N3. The Hall–Kier alpha value is -2.34. The topological polar surface area (TPSA) is 51.8 Å². The van der Waals surface area contributed by atoms with Crippen LogP contribution in [0.4, 0.5) is 5.69 Å². The molecule has 0 aliphatic carbocycles. The van der Waals surface area contributed by atoms with E-state index in [9.17, 15) is 0 Å². The third-order valence-electron chi connectivity index (χ3n) is 1.84. The summed E-state index contributed by atoms with van der Waals surface area (Å²) in [7, 11) is 0. The molecule has 2 rings (SSSR count). The third-order valence-corrected chi connectivity index (χ3v) is 1.84. The van der Waals surface area contributed by atoms with Crippen LogP contribution in [0.2, 0.25) is 0 Å². The van der Waals surface area contributed by atoms with Crippen LogP contribution in [0.1, 0.15) is 11.3 Å². The molecular weight excluding hydrogens is 186 g/mol. The van der Waals surface area contributed by atoms with Crippen LogP contribution in [0.5, 0.6) is 0 Å². The summed E-state index contributed by atoms with van der Waals surface area (Å²) in [6, 6.07) is 7.38. The zero-order valence-electron chi connectivity index (χ0n) is 8.01. The van der Waals surface area contributed by atoms with Crippen molar-refractivity contribution in [3.05, 3.63) is 54.1 Å². The van der Waals surface area contributed by atoms with Crippen molar-refractivity contribution in [3.63, 3.8) is 0 Å². The summed E-state index contributed by atoms with van der Waals surface area (Å²) < 4.78 is 0. The van der Waals surface area contributed by atoms with Crippen molar-refractivity contribution in [1.82, 2.24) is 9.97 Å². The highest BCUT2D eigenvalue weighted by molar-refractivity contribution is 5.55. The fraction of sp³-hybridized carbons (Fsp3) is 0. The van der Waals surface area contributed by atoms with Gasteiger partial charge >= 0.3 is 0 Å². The van der Waals surface area contributed by atoms with Crippen LogP contribution < -0.4 is 5.73 Å². The summed E-state index contributed by atoms with van der Waals surface area (Å²) in [6.07, 6.45) is 4.96. The van der Waals surface area contributed by atoms with E-state index < -0.39 is 0 Å². The largest absolute Gasteiger partial charge is 0.396 e. The molecule has 3 heteroatoms. The average Bonchev–Trinajstić information content (AvgIpc) is 2.29. The fourth-order valence-electron chi connectivity index (χ4n) is 1.09. The lowest BCUT2D eigenvalue weighted by Crippen LogP contribution is -1.90. The first kappa shape index (κ1) is 9.22. The highest BCUT2D eigenvalue weighted by Gasteiger charge is 1.92. The third kappa shape index (κ3) is 2.32. The first-order valence-corrected chi connectivity index (χ1v) is 4.49. The first-order chi connectivity index (χ1) is 7.36. The number of rotatable bonds is 0. The van der Waals surface area contributed by atoms with Crippen LogP contribution in [-0.2, 0) is 0 Å². The fourth-order valence-corrected chi connectivity index (χ4v) is 1.09. The van der Waals surface area contributed by atoms with Gasteiger partial charge in [-0.2, -0.15) is 0 Å². The number of anilines is 1. The van der Waals surface area contributed by atoms with E-state index in [-0.39, 0.29) is 0 Å². The van der Waals surface area contributed by atoms with E-state index in [1.165, 1.54) is 0 Å². The van der Waals surface area contributed by atoms with Crippen LogP contribution in [0.3, 0.4) is 0 Å². The molecule has 3 nitrogen and oxygen atoms in total. The van der Waals surface area contributed by atoms with Crippen LogP contribution in [-0.4, -0.2) is 9.97 Å². The molecule has 0 atom stereocenters. The normalized spacial score (nSPS) is 9.07. The van der Waals surface area contributed by atoms with Gasteiger partial charge in [0.1, 0.15) is 5.69 Å². The van der Waals surface area contributed by atoms with Gasteiger partial charge in [0, 0.05) is 12.4 Å². The maximum absolute atomic E-state index is 5.70. The molecule has 0 saturated carbocycles. The van der Waals surface area contributed by atoms with E-state index in [0.717, 1.165) is 11.3 Å². The predicted octanol–water partition coefficient (Wildman–Crippen LogP) is 1.46. The van der Waals surface area contributed by atoms with Crippen molar-refractivity contribution in [2.24, 2.45) is 0 Å². The van der Waals surface area contributed by atoms with Gasteiger partial charge in [-0.3, -0.25) is 4.98 Å². The molecule has 72 valence electrons. The lowest BCUT2D eigenvalue weighted by Gasteiger charge is -1.94. The van der Waals surface area contributed by atoms with Crippen molar-refractivity contribution >= 4 is 5.69 Å². The molecule has 0 radical (unpaired) electrons. The Morgan fingerprint density at radius 3 is 2.73 bits per heavy atom. The van der Waals surface area contributed by atoms with E-state index >= 15 is 0 Å². The van der Waals surface area contributed by atoms with Crippen molar-refractivity contribution < 1.29 is 0 Å². The first-order valence-electron chi connectivity index (χ1n) is 4.49. The smallest absolute Gasteiger partial charge is 0.113 e. The Bertz CT molecular complexity index is 509. The van der Waals surface area contributed by atoms with E-state index in [4.69, 9.17) is 5.73 Å². The standard InChI is InChI=1S/C12H9N3/c13-12-9-14-8-6-10(12)4-5-11-3-1-2-7-15-11/h1-3,6-9H,13H2. The van der Waals surface area contributed by atoms with Crippen molar-refractivity contribution in [2.75, 3.05) is 5.73 Å². The second kappa shape index (κ2) is 4.25. The Labute approximate surface area is 88.0 Å².